The van der Waals surface area contributed by atoms with Crippen molar-refractivity contribution in [3.8, 4) is 22.9 Å². The summed E-state index contributed by atoms with van der Waals surface area (Å²) in [7, 11) is -0.865. The number of rotatable bonds is 8. The first-order chi connectivity index (χ1) is 13.0. The fourth-order valence-corrected chi connectivity index (χ4v) is 3.71. The van der Waals surface area contributed by atoms with Gasteiger partial charge in [-0.05, 0) is 30.3 Å². The average molecular weight is 388 g/mol. The normalized spacial score (nSPS) is 11.3. The van der Waals surface area contributed by atoms with Gasteiger partial charge < -0.3 is 9.47 Å². The van der Waals surface area contributed by atoms with Crippen LogP contribution in [0.1, 0.15) is 0 Å². The molecule has 0 atom stereocenters. The van der Waals surface area contributed by atoms with E-state index in [4.69, 9.17) is 9.47 Å². The summed E-state index contributed by atoms with van der Waals surface area (Å²) in [6.45, 7) is 0.546. The SMILES string of the molecule is COc1ccc(OC)c(S(=O)(=O)NCCn2ccc(-c3ccccn3)n2)c1. The van der Waals surface area contributed by atoms with Crippen LogP contribution in [0.4, 0.5) is 0 Å². The zero-order valence-electron chi connectivity index (χ0n) is 15.0. The number of pyridine rings is 1. The minimum absolute atomic E-state index is 0.0268. The molecule has 0 aliphatic heterocycles. The Labute approximate surface area is 157 Å². The van der Waals surface area contributed by atoms with Crippen LogP contribution in [-0.4, -0.2) is 43.9 Å². The number of nitrogens with one attached hydrogen (secondary N) is 1. The van der Waals surface area contributed by atoms with Gasteiger partial charge in [0.1, 0.15) is 22.1 Å². The number of hydrogen-bond donors (Lipinski definition) is 1. The lowest BCUT2D eigenvalue weighted by Gasteiger charge is -2.12. The quantitative estimate of drug-likeness (QED) is 0.634. The number of ether oxygens (including phenoxy) is 2. The van der Waals surface area contributed by atoms with Gasteiger partial charge in [0, 0.05) is 25.0 Å². The molecule has 0 bridgehead atoms. The largest absolute Gasteiger partial charge is 0.497 e. The molecule has 0 saturated carbocycles. The maximum atomic E-state index is 12.6. The molecule has 9 heteroatoms. The number of benzene rings is 1. The van der Waals surface area contributed by atoms with Gasteiger partial charge in [-0.1, -0.05) is 6.07 Å². The van der Waals surface area contributed by atoms with Crippen molar-refractivity contribution in [1.82, 2.24) is 19.5 Å². The van der Waals surface area contributed by atoms with E-state index in [1.54, 1.807) is 29.2 Å². The Morgan fingerprint density at radius 1 is 1.07 bits per heavy atom. The highest BCUT2D eigenvalue weighted by Crippen LogP contribution is 2.27. The van der Waals surface area contributed by atoms with Crippen molar-refractivity contribution in [2.75, 3.05) is 20.8 Å². The van der Waals surface area contributed by atoms with Gasteiger partial charge in [0.15, 0.2) is 0 Å². The molecular weight excluding hydrogens is 368 g/mol. The molecule has 3 aromatic rings. The summed E-state index contributed by atoms with van der Waals surface area (Å²) in [5.41, 5.74) is 1.49. The first-order valence-corrected chi connectivity index (χ1v) is 9.68. The lowest BCUT2D eigenvalue weighted by molar-refractivity contribution is 0.392. The van der Waals surface area contributed by atoms with E-state index < -0.39 is 10.0 Å². The van der Waals surface area contributed by atoms with E-state index in [1.165, 1.54) is 20.3 Å². The molecule has 0 unspecified atom stereocenters. The molecule has 8 nitrogen and oxygen atoms in total. The van der Waals surface area contributed by atoms with Gasteiger partial charge in [-0.3, -0.25) is 9.67 Å². The maximum absolute atomic E-state index is 12.6. The van der Waals surface area contributed by atoms with Crippen molar-refractivity contribution in [3.05, 3.63) is 54.9 Å². The molecule has 0 aliphatic carbocycles. The second-order valence-electron chi connectivity index (χ2n) is 5.59. The van der Waals surface area contributed by atoms with Gasteiger partial charge in [-0.25, -0.2) is 13.1 Å². The minimum Gasteiger partial charge on any atom is -0.497 e. The van der Waals surface area contributed by atoms with Crippen molar-refractivity contribution in [3.63, 3.8) is 0 Å². The lowest BCUT2D eigenvalue weighted by atomic mass is 10.3. The predicted octanol–water partition coefficient (Wildman–Crippen LogP) is 1.94. The summed E-state index contributed by atoms with van der Waals surface area (Å²) in [6.07, 6.45) is 3.48. The van der Waals surface area contributed by atoms with E-state index >= 15 is 0 Å². The molecule has 2 heterocycles. The van der Waals surface area contributed by atoms with E-state index in [0.717, 1.165) is 11.4 Å². The topological polar surface area (TPSA) is 95.3 Å². The van der Waals surface area contributed by atoms with Crippen LogP contribution in [0.5, 0.6) is 11.5 Å². The maximum Gasteiger partial charge on any atom is 0.244 e. The number of hydrogen-bond acceptors (Lipinski definition) is 6. The Hall–Kier alpha value is -2.91. The van der Waals surface area contributed by atoms with Crippen LogP contribution >= 0.6 is 0 Å². The Bertz CT molecular complexity index is 1000. The Balaban J connectivity index is 1.67. The van der Waals surface area contributed by atoms with Gasteiger partial charge in [0.25, 0.3) is 0 Å². The summed E-state index contributed by atoms with van der Waals surface area (Å²) >= 11 is 0. The van der Waals surface area contributed by atoms with E-state index in [2.05, 4.69) is 14.8 Å². The molecule has 0 spiro atoms. The third-order valence-corrected chi connectivity index (χ3v) is 5.34. The molecule has 3 rings (SSSR count). The molecule has 0 saturated heterocycles. The molecule has 1 N–H and O–H groups in total. The van der Waals surface area contributed by atoms with Gasteiger partial charge in [-0.15, -0.1) is 0 Å². The van der Waals surface area contributed by atoms with Crippen molar-refractivity contribution >= 4 is 10.0 Å². The molecular formula is C18H20N4O4S. The highest BCUT2D eigenvalue weighted by Gasteiger charge is 2.20. The van der Waals surface area contributed by atoms with Crippen molar-refractivity contribution in [2.45, 2.75) is 11.4 Å². The number of sulfonamides is 1. The fourth-order valence-electron chi connectivity index (χ4n) is 2.50. The Morgan fingerprint density at radius 3 is 2.63 bits per heavy atom. The van der Waals surface area contributed by atoms with Crippen molar-refractivity contribution in [1.29, 1.82) is 0 Å². The van der Waals surface area contributed by atoms with E-state index in [0.29, 0.717) is 12.3 Å². The van der Waals surface area contributed by atoms with Gasteiger partial charge in [0.2, 0.25) is 10.0 Å². The van der Waals surface area contributed by atoms with E-state index in [9.17, 15) is 8.42 Å². The minimum atomic E-state index is -3.76. The molecule has 27 heavy (non-hydrogen) atoms. The highest BCUT2D eigenvalue weighted by atomic mass is 32.2. The summed E-state index contributed by atoms with van der Waals surface area (Å²) in [4.78, 5) is 4.27. The van der Waals surface area contributed by atoms with Crippen LogP contribution in [0, 0.1) is 0 Å². The average Bonchev–Trinajstić information content (AvgIpc) is 3.17. The van der Waals surface area contributed by atoms with E-state index in [1.807, 2.05) is 24.3 Å². The highest BCUT2D eigenvalue weighted by molar-refractivity contribution is 7.89. The van der Waals surface area contributed by atoms with Crippen LogP contribution in [-0.2, 0) is 16.6 Å². The first kappa shape index (κ1) is 18.9. The zero-order chi connectivity index (χ0) is 19.3. The molecule has 0 fully saturated rings. The third kappa shape index (κ3) is 4.44. The number of aromatic nitrogens is 3. The standard InChI is InChI=1S/C18H20N4O4S/c1-25-14-6-7-17(26-2)18(13-14)27(23,24)20-10-12-22-11-8-16(21-22)15-5-3-4-9-19-15/h3-9,11,13,20H,10,12H2,1-2H3. The monoisotopic (exact) mass is 388 g/mol. The number of nitrogens with zero attached hydrogens (tertiary/aromatic N) is 3. The summed E-state index contributed by atoms with van der Waals surface area (Å²) in [6, 6.07) is 12.0. The molecule has 1 aromatic carbocycles. The second kappa shape index (κ2) is 8.19. The molecule has 2 aromatic heterocycles. The third-order valence-electron chi connectivity index (χ3n) is 3.86. The number of methoxy groups -OCH3 is 2. The van der Waals surface area contributed by atoms with Gasteiger partial charge >= 0.3 is 0 Å². The first-order valence-electron chi connectivity index (χ1n) is 8.20. The lowest BCUT2D eigenvalue weighted by Crippen LogP contribution is -2.28. The van der Waals surface area contributed by atoms with E-state index in [-0.39, 0.29) is 17.2 Å². The van der Waals surface area contributed by atoms with Crippen molar-refractivity contribution < 1.29 is 17.9 Å². The summed E-state index contributed by atoms with van der Waals surface area (Å²) < 4.78 is 39.7. The second-order valence-corrected chi connectivity index (χ2v) is 7.33. The predicted molar refractivity (Wildman–Crippen MR) is 100 cm³/mol. The van der Waals surface area contributed by atoms with Crippen LogP contribution < -0.4 is 14.2 Å². The Morgan fingerprint density at radius 2 is 1.93 bits per heavy atom. The summed E-state index contributed by atoms with van der Waals surface area (Å²) in [5.74, 6) is 0.683. The zero-order valence-corrected chi connectivity index (χ0v) is 15.8. The molecule has 0 amide bonds. The fraction of sp³-hybridized carbons (Fsp3) is 0.222. The molecule has 0 radical (unpaired) electrons. The van der Waals surface area contributed by atoms with Crippen LogP contribution in [0.25, 0.3) is 11.4 Å². The van der Waals surface area contributed by atoms with Crippen LogP contribution in [0.3, 0.4) is 0 Å². The molecule has 142 valence electrons. The smallest absolute Gasteiger partial charge is 0.244 e. The van der Waals surface area contributed by atoms with Crippen molar-refractivity contribution in [2.24, 2.45) is 0 Å². The van der Waals surface area contributed by atoms with Gasteiger partial charge in [0.05, 0.1) is 26.5 Å². The van der Waals surface area contributed by atoms with Gasteiger partial charge in [-0.2, -0.15) is 5.10 Å². The summed E-state index contributed by atoms with van der Waals surface area (Å²) in [5, 5.41) is 4.41. The Kier molecular flexibility index (Phi) is 5.72. The van der Waals surface area contributed by atoms with Crippen LogP contribution in [0.2, 0.25) is 0 Å². The van der Waals surface area contributed by atoms with Crippen LogP contribution in [0.15, 0.2) is 59.8 Å². The molecule has 0 aliphatic rings.